The van der Waals surface area contributed by atoms with Gasteiger partial charge in [-0.15, -0.1) is 0 Å². The number of carbonyl (C=O) groups is 1. The zero-order valence-electron chi connectivity index (χ0n) is 8.38. The van der Waals surface area contributed by atoms with E-state index < -0.39 is 21.3 Å². The van der Waals surface area contributed by atoms with Crippen molar-refractivity contribution in [2.24, 2.45) is 5.73 Å². The van der Waals surface area contributed by atoms with E-state index in [9.17, 15) is 13.2 Å². The Bertz CT molecular complexity index is 313. The standard InChI is InChI=1S/C8H16N2O3S/c1-6(2)14(12,13)10-4-7(9)3-8(10)5-11/h5-8H,3-4,9H2,1-2H3/t7-,8?/m1/s1. The normalized spacial score (nSPS) is 29.7. The number of rotatable bonds is 3. The largest absolute Gasteiger partial charge is 0.326 e. The van der Waals surface area contributed by atoms with Crippen LogP contribution in [0.25, 0.3) is 0 Å². The summed E-state index contributed by atoms with van der Waals surface area (Å²) in [4.78, 5) is 10.7. The number of sulfonamides is 1. The van der Waals surface area contributed by atoms with Crippen LogP contribution in [0.1, 0.15) is 20.3 Å². The van der Waals surface area contributed by atoms with Gasteiger partial charge < -0.3 is 10.5 Å². The maximum absolute atomic E-state index is 11.8. The summed E-state index contributed by atoms with van der Waals surface area (Å²) in [6.07, 6.45) is 1.09. The van der Waals surface area contributed by atoms with Crippen LogP contribution in [-0.4, -0.2) is 42.9 Å². The summed E-state index contributed by atoms with van der Waals surface area (Å²) in [7, 11) is -3.35. The predicted molar refractivity (Wildman–Crippen MR) is 53.2 cm³/mol. The van der Waals surface area contributed by atoms with Gasteiger partial charge in [-0.3, -0.25) is 0 Å². The molecule has 2 atom stereocenters. The molecule has 1 aliphatic heterocycles. The van der Waals surface area contributed by atoms with Crippen molar-refractivity contribution in [3.63, 3.8) is 0 Å². The van der Waals surface area contributed by atoms with Gasteiger partial charge in [0, 0.05) is 12.6 Å². The van der Waals surface area contributed by atoms with Gasteiger partial charge in [0.2, 0.25) is 10.0 Å². The number of aldehydes is 1. The maximum atomic E-state index is 11.8. The lowest BCUT2D eigenvalue weighted by Crippen LogP contribution is -2.41. The van der Waals surface area contributed by atoms with E-state index in [4.69, 9.17) is 5.73 Å². The molecule has 0 aromatic heterocycles. The van der Waals surface area contributed by atoms with Crippen LogP contribution in [0.15, 0.2) is 0 Å². The molecule has 0 aliphatic carbocycles. The van der Waals surface area contributed by atoms with Crippen molar-refractivity contribution >= 4 is 16.3 Å². The number of carbonyl (C=O) groups excluding carboxylic acids is 1. The van der Waals surface area contributed by atoms with Crippen molar-refractivity contribution in [3.8, 4) is 0 Å². The first kappa shape index (κ1) is 11.6. The molecule has 0 spiro atoms. The molecule has 0 amide bonds. The van der Waals surface area contributed by atoms with Gasteiger partial charge in [-0.05, 0) is 20.3 Å². The molecule has 1 unspecified atom stereocenters. The van der Waals surface area contributed by atoms with Crippen LogP contribution in [0, 0.1) is 0 Å². The third-order valence-corrected chi connectivity index (χ3v) is 4.67. The minimum absolute atomic E-state index is 0.223. The second-order valence-corrected chi connectivity index (χ2v) is 6.30. The van der Waals surface area contributed by atoms with Crippen LogP contribution in [0.5, 0.6) is 0 Å². The van der Waals surface area contributed by atoms with E-state index in [2.05, 4.69) is 0 Å². The number of nitrogens with two attached hydrogens (primary N) is 1. The Balaban J connectivity index is 2.92. The van der Waals surface area contributed by atoms with Gasteiger partial charge >= 0.3 is 0 Å². The van der Waals surface area contributed by atoms with Crippen LogP contribution in [-0.2, 0) is 14.8 Å². The highest BCUT2D eigenvalue weighted by Crippen LogP contribution is 2.21. The Kier molecular flexibility index (Phi) is 3.28. The summed E-state index contributed by atoms with van der Waals surface area (Å²) >= 11 is 0. The van der Waals surface area contributed by atoms with Crippen molar-refractivity contribution in [3.05, 3.63) is 0 Å². The SMILES string of the molecule is CC(C)S(=O)(=O)N1C[C@H](N)CC1C=O. The molecule has 1 heterocycles. The van der Waals surface area contributed by atoms with Gasteiger partial charge in [0.25, 0.3) is 0 Å². The van der Waals surface area contributed by atoms with Crippen molar-refractivity contribution < 1.29 is 13.2 Å². The highest BCUT2D eigenvalue weighted by molar-refractivity contribution is 7.89. The van der Waals surface area contributed by atoms with Gasteiger partial charge in [-0.25, -0.2) is 8.42 Å². The minimum Gasteiger partial charge on any atom is -0.326 e. The first-order chi connectivity index (χ1) is 6.39. The molecule has 0 radical (unpaired) electrons. The number of hydrogen-bond acceptors (Lipinski definition) is 4. The molecule has 0 aromatic rings. The Morgan fingerprint density at radius 1 is 1.50 bits per heavy atom. The molecule has 2 N–H and O–H groups in total. The van der Waals surface area contributed by atoms with Gasteiger partial charge in [-0.1, -0.05) is 0 Å². The summed E-state index contributed by atoms with van der Waals surface area (Å²) in [6, 6.07) is -0.795. The smallest absolute Gasteiger partial charge is 0.217 e. The Morgan fingerprint density at radius 3 is 2.50 bits per heavy atom. The van der Waals surface area contributed by atoms with Gasteiger partial charge in [-0.2, -0.15) is 4.31 Å². The average Bonchev–Trinajstić information content (AvgIpc) is 2.46. The van der Waals surface area contributed by atoms with Crippen LogP contribution in [0.3, 0.4) is 0 Å². The average molecular weight is 220 g/mol. The maximum Gasteiger partial charge on any atom is 0.217 e. The predicted octanol–water partition coefficient (Wildman–Crippen LogP) is -0.675. The molecule has 0 bridgehead atoms. The molecule has 82 valence electrons. The van der Waals surface area contributed by atoms with Crippen molar-refractivity contribution in [1.82, 2.24) is 4.31 Å². The molecule has 0 saturated carbocycles. The van der Waals surface area contributed by atoms with Gasteiger partial charge in [0.1, 0.15) is 6.29 Å². The molecule has 0 aromatic carbocycles. The molecule has 1 fully saturated rings. The molecule has 14 heavy (non-hydrogen) atoms. The van der Waals surface area contributed by atoms with Gasteiger partial charge in [0.15, 0.2) is 0 Å². The fourth-order valence-electron chi connectivity index (χ4n) is 1.56. The summed E-state index contributed by atoms with van der Waals surface area (Å²) in [5.41, 5.74) is 5.62. The Hall–Kier alpha value is -0.460. The zero-order chi connectivity index (χ0) is 10.9. The van der Waals surface area contributed by atoms with E-state index in [1.807, 2.05) is 0 Å². The lowest BCUT2D eigenvalue weighted by molar-refractivity contribution is -0.110. The lowest BCUT2D eigenvalue weighted by Gasteiger charge is -2.22. The lowest BCUT2D eigenvalue weighted by atomic mass is 10.2. The fraction of sp³-hybridized carbons (Fsp3) is 0.875. The molecule has 1 rings (SSSR count). The van der Waals surface area contributed by atoms with Crippen LogP contribution in [0.4, 0.5) is 0 Å². The molecular weight excluding hydrogens is 204 g/mol. The molecule has 1 aliphatic rings. The number of hydrogen-bond donors (Lipinski definition) is 1. The highest BCUT2D eigenvalue weighted by atomic mass is 32.2. The summed E-state index contributed by atoms with van der Waals surface area (Å²) in [6.45, 7) is 3.45. The summed E-state index contributed by atoms with van der Waals surface area (Å²) in [5.74, 6) is 0. The first-order valence-corrected chi connectivity index (χ1v) is 6.11. The highest BCUT2D eigenvalue weighted by Gasteiger charge is 2.39. The Labute approximate surface area is 84.3 Å². The monoisotopic (exact) mass is 220 g/mol. The third-order valence-electron chi connectivity index (χ3n) is 2.41. The van der Waals surface area contributed by atoms with Crippen LogP contribution < -0.4 is 5.73 Å². The topological polar surface area (TPSA) is 80.5 Å². The first-order valence-electron chi connectivity index (χ1n) is 4.61. The van der Waals surface area contributed by atoms with Crippen molar-refractivity contribution in [2.75, 3.05) is 6.54 Å². The van der Waals surface area contributed by atoms with Gasteiger partial charge in [0.05, 0.1) is 11.3 Å². The molecule has 5 nitrogen and oxygen atoms in total. The van der Waals surface area contributed by atoms with E-state index >= 15 is 0 Å². The number of nitrogens with zero attached hydrogens (tertiary/aromatic N) is 1. The van der Waals surface area contributed by atoms with E-state index in [-0.39, 0.29) is 12.6 Å². The summed E-state index contributed by atoms with van der Waals surface area (Å²) < 4.78 is 24.7. The van der Waals surface area contributed by atoms with Crippen molar-refractivity contribution in [1.29, 1.82) is 0 Å². The quantitative estimate of drug-likeness (QED) is 0.639. The van der Waals surface area contributed by atoms with E-state index in [0.29, 0.717) is 12.7 Å². The van der Waals surface area contributed by atoms with E-state index in [0.717, 1.165) is 0 Å². The second-order valence-electron chi connectivity index (χ2n) is 3.86. The van der Waals surface area contributed by atoms with E-state index in [1.54, 1.807) is 13.8 Å². The molecular formula is C8H16N2O3S. The molecule has 1 saturated heterocycles. The van der Waals surface area contributed by atoms with Crippen LogP contribution >= 0.6 is 0 Å². The Morgan fingerprint density at radius 2 is 2.07 bits per heavy atom. The minimum atomic E-state index is -3.35. The fourth-order valence-corrected chi connectivity index (χ4v) is 3.01. The van der Waals surface area contributed by atoms with E-state index in [1.165, 1.54) is 4.31 Å². The third kappa shape index (κ3) is 1.97. The second kappa shape index (κ2) is 3.96. The summed E-state index contributed by atoms with van der Waals surface area (Å²) in [5, 5.41) is -0.504. The zero-order valence-corrected chi connectivity index (χ0v) is 9.20. The van der Waals surface area contributed by atoms with Crippen LogP contribution in [0.2, 0.25) is 0 Å². The molecule has 6 heteroatoms. The van der Waals surface area contributed by atoms with Crippen molar-refractivity contribution in [2.45, 2.75) is 37.6 Å².